The second-order valence-corrected chi connectivity index (χ2v) is 7.83. The second-order valence-electron chi connectivity index (χ2n) is 7.03. The Kier molecular flexibility index (Phi) is 6.69. The zero-order valence-electron chi connectivity index (χ0n) is 18.3. The summed E-state index contributed by atoms with van der Waals surface area (Å²) in [4.78, 5) is 12.8. The summed E-state index contributed by atoms with van der Waals surface area (Å²) in [5.41, 5.74) is 2.49. The lowest BCUT2D eigenvalue weighted by atomic mass is 10.1. The van der Waals surface area contributed by atoms with E-state index >= 15 is 0 Å². The molecule has 0 bridgehead atoms. The Morgan fingerprint density at radius 1 is 1.03 bits per heavy atom. The molecule has 0 aliphatic rings. The normalized spacial score (nSPS) is 10.7. The molecule has 2 heterocycles. The number of amides is 1. The van der Waals surface area contributed by atoms with E-state index in [-0.39, 0.29) is 5.76 Å². The molecule has 33 heavy (non-hydrogen) atoms. The van der Waals surface area contributed by atoms with Crippen molar-refractivity contribution in [2.75, 3.05) is 26.6 Å². The molecule has 9 heteroatoms. The van der Waals surface area contributed by atoms with Gasteiger partial charge in [-0.25, -0.2) is 0 Å². The maximum Gasteiger partial charge on any atom is 0.292 e. The molecule has 2 aromatic carbocycles. The number of ether oxygens (including phenoxy) is 3. The van der Waals surface area contributed by atoms with Crippen molar-refractivity contribution in [3.05, 3.63) is 76.2 Å². The van der Waals surface area contributed by atoms with Gasteiger partial charge in [-0.3, -0.25) is 9.89 Å². The quantitative estimate of drug-likeness (QED) is 0.333. The molecule has 0 spiro atoms. The van der Waals surface area contributed by atoms with Gasteiger partial charge in [-0.2, -0.15) is 5.10 Å². The summed E-state index contributed by atoms with van der Waals surface area (Å²) < 4.78 is 22.7. The predicted molar refractivity (Wildman–Crippen MR) is 127 cm³/mol. The fourth-order valence-electron chi connectivity index (χ4n) is 3.40. The number of rotatable bonds is 8. The number of benzene rings is 2. The van der Waals surface area contributed by atoms with Crippen molar-refractivity contribution in [3.8, 4) is 28.5 Å². The summed E-state index contributed by atoms with van der Waals surface area (Å²) in [6, 6.07) is 16.6. The first-order valence-electron chi connectivity index (χ1n) is 10.0. The van der Waals surface area contributed by atoms with E-state index in [4.69, 9.17) is 18.6 Å². The Balaban J connectivity index is 1.52. The van der Waals surface area contributed by atoms with E-state index in [0.717, 1.165) is 16.8 Å². The third kappa shape index (κ3) is 4.73. The summed E-state index contributed by atoms with van der Waals surface area (Å²) in [5.74, 6) is 2.51. The van der Waals surface area contributed by atoms with Crippen LogP contribution in [-0.4, -0.2) is 37.4 Å². The number of furan rings is 1. The Hall–Kier alpha value is -3.72. The van der Waals surface area contributed by atoms with Crippen LogP contribution in [0.5, 0.6) is 17.2 Å². The third-order valence-electron chi connectivity index (χ3n) is 5.05. The molecule has 0 aliphatic carbocycles. The van der Waals surface area contributed by atoms with Gasteiger partial charge in [-0.1, -0.05) is 30.3 Å². The van der Waals surface area contributed by atoms with Gasteiger partial charge in [-0.15, -0.1) is 0 Å². The van der Waals surface area contributed by atoms with Crippen LogP contribution in [-0.2, 0) is 6.42 Å². The van der Waals surface area contributed by atoms with Crippen LogP contribution in [0.25, 0.3) is 11.3 Å². The number of halogens is 1. The van der Waals surface area contributed by atoms with Crippen molar-refractivity contribution in [2.45, 2.75) is 6.42 Å². The van der Waals surface area contributed by atoms with Gasteiger partial charge >= 0.3 is 0 Å². The van der Waals surface area contributed by atoms with Crippen molar-refractivity contribution >= 4 is 27.7 Å². The number of H-pyrrole nitrogens is 1. The van der Waals surface area contributed by atoms with Crippen LogP contribution in [0, 0.1) is 0 Å². The predicted octanol–water partition coefficient (Wildman–Crippen LogP) is 5.30. The molecule has 8 nitrogen and oxygen atoms in total. The van der Waals surface area contributed by atoms with E-state index in [9.17, 15) is 4.79 Å². The van der Waals surface area contributed by atoms with Gasteiger partial charge in [-0.05, 0) is 28.1 Å². The summed E-state index contributed by atoms with van der Waals surface area (Å²) in [7, 11) is 4.72. The molecule has 0 unspecified atom stereocenters. The number of carbonyl (C=O) groups is 1. The zero-order valence-corrected chi connectivity index (χ0v) is 19.9. The van der Waals surface area contributed by atoms with E-state index in [1.54, 1.807) is 45.6 Å². The number of hydrogen-bond acceptors (Lipinski definition) is 6. The molecule has 0 fully saturated rings. The van der Waals surface area contributed by atoms with E-state index in [1.807, 2.05) is 30.3 Å². The average molecular weight is 512 g/mol. The number of aromatic amines is 1. The first-order valence-corrected chi connectivity index (χ1v) is 10.8. The Morgan fingerprint density at radius 3 is 2.36 bits per heavy atom. The SMILES string of the molecule is COc1cc(OC)c(Cc2ccc(C(=O)Nc3n[nH]c(-c4ccccc4)c3Br)o2)c(OC)c1. The lowest BCUT2D eigenvalue weighted by Crippen LogP contribution is -2.11. The molecule has 2 aromatic heterocycles. The minimum atomic E-state index is -0.415. The third-order valence-corrected chi connectivity index (χ3v) is 5.83. The molecule has 1 amide bonds. The highest BCUT2D eigenvalue weighted by atomic mass is 79.9. The molecule has 0 aliphatic heterocycles. The number of methoxy groups -OCH3 is 3. The Morgan fingerprint density at radius 2 is 1.73 bits per heavy atom. The van der Waals surface area contributed by atoms with E-state index in [2.05, 4.69) is 31.4 Å². The standard InChI is InChI=1S/C24H22BrN3O5/c1-30-16-12-19(31-2)17(20(13-16)32-3)11-15-9-10-18(33-15)24(29)26-23-21(25)22(27-28-23)14-7-5-4-6-8-14/h4-10,12-13H,11H2,1-3H3,(H2,26,27,28,29). The Labute approximate surface area is 199 Å². The number of carbonyl (C=O) groups excluding carboxylic acids is 1. The Bertz CT molecular complexity index is 1240. The minimum Gasteiger partial charge on any atom is -0.496 e. The fourth-order valence-corrected chi connectivity index (χ4v) is 3.90. The summed E-state index contributed by atoms with van der Waals surface area (Å²) in [6.07, 6.45) is 0.369. The van der Waals surface area contributed by atoms with Crippen LogP contribution in [0.1, 0.15) is 21.9 Å². The van der Waals surface area contributed by atoms with Gasteiger partial charge in [0.25, 0.3) is 5.91 Å². The minimum absolute atomic E-state index is 0.160. The van der Waals surface area contributed by atoms with Crippen molar-refractivity contribution < 1.29 is 23.4 Å². The van der Waals surface area contributed by atoms with Gasteiger partial charge in [0.15, 0.2) is 11.6 Å². The van der Waals surface area contributed by atoms with Crippen molar-refractivity contribution in [1.29, 1.82) is 0 Å². The zero-order chi connectivity index (χ0) is 23.4. The van der Waals surface area contributed by atoms with Crippen molar-refractivity contribution in [2.24, 2.45) is 0 Å². The summed E-state index contributed by atoms with van der Waals surface area (Å²) in [5, 5.41) is 9.91. The number of aromatic nitrogens is 2. The lowest BCUT2D eigenvalue weighted by Gasteiger charge is -2.14. The molecule has 4 rings (SSSR count). The maximum absolute atomic E-state index is 12.8. The fraction of sp³-hybridized carbons (Fsp3) is 0.167. The van der Waals surface area contributed by atoms with Gasteiger partial charge in [0.1, 0.15) is 23.0 Å². The van der Waals surface area contributed by atoms with Crippen LogP contribution in [0.3, 0.4) is 0 Å². The van der Waals surface area contributed by atoms with Crippen LogP contribution in [0.2, 0.25) is 0 Å². The molecule has 0 radical (unpaired) electrons. The summed E-state index contributed by atoms with van der Waals surface area (Å²) >= 11 is 3.50. The number of anilines is 1. The smallest absolute Gasteiger partial charge is 0.292 e. The monoisotopic (exact) mass is 511 g/mol. The molecular formula is C24H22BrN3O5. The highest BCUT2D eigenvalue weighted by Gasteiger charge is 2.20. The molecule has 2 N–H and O–H groups in total. The topological polar surface area (TPSA) is 98.6 Å². The highest BCUT2D eigenvalue weighted by Crippen LogP contribution is 2.36. The van der Waals surface area contributed by atoms with Gasteiger partial charge < -0.3 is 23.9 Å². The van der Waals surface area contributed by atoms with Gasteiger partial charge in [0, 0.05) is 29.7 Å². The van der Waals surface area contributed by atoms with E-state index < -0.39 is 5.91 Å². The van der Waals surface area contributed by atoms with E-state index in [1.165, 1.54) is 0 Å². The van der Waals surface area contributed by atoms with E-state index in [0.29, 0.717) is 39.7 Å². The highest BCUT2D eigenvalue weighted by molar-refractivity contribution is 9.10. The molecule has 170 valence electrons. The number of nitrogens with one attached hydrogen (secondary N) is 2. The van der Waals surface area contributed by atoms with Crippen LogP contribution >= 0.6 is 15.9 Å². The average Bonchev–Trinajstić information content (AvgIpc) is 3.46. The largest absolute Gasteiger partial charge is 0.496 e. The molecular weight excluding hydrogens is 490 g/mol. The molecule has 0 atom stereocenters. The summed E-state index contributed by atoms with van der Waals surface area (Å²) in [6.45, 7) is 0. The number of nitrogens with zero attached hydrogens (tertiary/aromatic N) is 1. The maximum atomic E-state index is 12.8. The van der Waals surface area contributed by atoms with Crippen LogP contribution < -0.4 is 19.5 Å². The molecule has 4 aromatic rings. The van der Waals surface area contributed by atoms with Gasteiger partial charge in [0.2, 0.25) is 0 Å². The molecule has 0 saturated carbocycles. The first-order chi connectivity index (χ1) is 16.0. The van der Waals surface area contributed by atoms with Crippen LogP contribution in [0.4, 0.5) is 5.82 Å². The van der Waals surface area contributed by atoms with Gasteiger partial charge in [0.05, 0.1) is 31.5 Å². The van der Waals surface area contributed by atoms with Crippen molar-refractivity contribution in [3.63, 3.8) is 0 Å². The molecule has 0 saturated heterocycles. The lowest BCUT2D eigenvalue weighted by molar-refractivity contribution is 0.0994. The number of hydrogen-bond donors (Lipinski definition) is 2. The van der Waals surface area contributed by atoms with Crippen LogP contribution in [0.15, 0.2) is 63.5 Å². The first kappa shape index (κ1) is 22.5. The van der Waals surface area contributed by atoms with Crippen molar-refractivity contribution in [1.82, 2.24) is 10.2 Å². The second kappa shape index (κ2) is 9.83.